The molecule has 1 saturated heterocycles. The van der Waals surface area contributed by atoms with Crippen LogP contribution in [0.2, 0.25) is 5.02 Å². The first kappa shape index (κ1) is 16.0. The maximum absolute atomic E-state index is 9.19. The van der Waals surface area contributed by atoms with Gasteiger partial charge in [-0.15, -0.1) is 0 Å². The highest BCUT2D eigenvalue weighted by molar-refractivity contribution is 6.30. The number of hydrogen-bond acceptors (Lipinski definition) is 3. The highest BCUT2D eigenvalue weighted by Crippen LogP contribution is 2.15. The minimum atomic E-state index is 0.787. The first-order chi connectivity index (χ1) is 11.2. The van der Waals surface area contributed by atoms with Gasteiger partial charge in [-0.2, -0.15) is 5.26 Å². The van der Waals surface area contributed by atoms with Crippen LogP contribution in [0.3, 0.4) is 0 Å². The molecule has 2 aromatic rings. The molecule has 0 N–H and O–H groups in total. The quantitative estimate of drug-likeness (QED) is 0.861. The van der Waals surface area contributed by atoms with Crippen LogP contribution in [0.5, 0.6) is 0 Å². The Kier molecular flexibility index (Phi) is 5.30. The molecule has 0 aromatic heterocycles. The van der Waals surface area contributed by atoms with Crippen LogP contribution in [-0.2, 0) is 13.1 Å². The number of hydrogen-bond donors (Lipinski definition) is 0. The highest BCUT2D eigenvalue weighted by Gasteiger charge is 2.17. The summed E-state index contributed by atoms with van der Waals surface area (Å²) in [6, 6.07) is 18.3. The van der Waals surface area contributed by atoms with Gasteiger partial charge in [-0.05, 0) is 29.3 Å². The van der Waals surface area contributed by atoms with Gasteiger partial charge in [0.05, 0.1) is 11.6 Å². The van der Waals surface area contributed by atoms with E-state index < -0.39 is 0 Å². The largest absolute Gasteiger partial charge is 0.297 e. The van der Waals surface area contributed by atoms with Crippen molar-refractivity contribution in [3.63, 3.8) is 0 Å². The Balaban J connectivity index is 1.52. The number of nitrogens with zero attached hydrogens (tertiary/aromatic N) is 3. The Morgan fingerprint density at radius 1 is 0.870 bits per heavy atom. The Labute approximate surface area is 142 Å². The van der Waals surface area contributed by atoms with Crippen LogP contribution in [0.1, 0.15) is 16.7 Å². The van der Waals surface area contributed by atoms with Crippen molar-refractivity contribution in [1.82, 2.24) is 9.80 Å². The fourth-order valence-corrected chi connectivity index (χ4v) is 3.09. The van der Waals surface area contributed by atoms with Crippen LogP contribution in [0.15, 0.2) is 48.5 Å². The van der Waals surface area contributed by atoms with E-state index in [1.165, 1.54) is 5.56 Å². The second-order valence-corrected chi connectivity index (χ2v) is 6.38. The maximum Gasteiger partial charge on any atom is 0.0995 e. The van der Waals surface area contributed by atoms with Gasteiger partial charge in [0, 0.05) is 44.3 Å². The summed E-state index contributed by atoms with van der Waals surface area (Å²) in [5.41, 5.74) is 3.22. The summed E-state index contributed by atoms with van der Waals surface area (Å²) in [5, 5.41) is 9.97. The van der Waals surface area contributed by atoms with Gasteiger partial charge in [-0.25, -0.2) is 0 Å². The van der Waals surface area contributed by atoms with Crippen molar-refractivity contribution in [3.05, 3.63) is 70.2 Å². The normalized spacial score (nSPS) is 16.2. The Hall–Kier alpha value is -1.86. The molecule has 118 valence electrons. The molecular formula is C19H20ClN3. The van der Waals surface area contributed by atoms with Crippen molar-refractivity contribution in [1.29, 1.82) is 5.26 Å². The van der Waals surface area contributed by atoms with Crippen LogP contribution < -0.4 is 0 Å². The molecule has 3 nitrogen and oxygen atoms in total. The number of halogens is 1. The fourth-order valence-electron chi connectivity index (χ4n) is 2.96. The first-order valence-corrected chi connectivity index (χ1v) is 8.29. The zero-order chi connectivity index (χ0) is 16.1. The molecule has 1 aliphatic rings. The van der Waals surface area contributed by atoms with Crippen molar-refractivity contribution in [2.24, 2.45) is 0 Å². The molecule has 23 heavy (non-hydrogen) atoms. The second kappa shape index (κ2) is 7.61. The predicted molar refractivity (Wildman–Crippen MR) is 93.2 cm³/mol. The molecule has 1 fully saturated rings. The third-order valence-corrected chi connectivity index (χ3v) is 4.57. The molecule has 3 rings (SSSR count). The van der Waals surface area contributed by atoms with Gasteiger partial charge in [0.2, 0.25) is 0 Å². The highest BCUT2D eigenvalue weighted by atomic mass is 35.5. The fraction of sp³-hybridized carbons (Fsp3) is 0.316. The van der Waals surface area contributed by atoms with E-state index in [1.54, 1.807) is 0 Å². The van der Waals surface area contributed by atoms with Gasteiger partial charge in [-0.1, -0.05) is 41.9 Å². The van der Waals surface area contributed by atoms with E-state index in [9.17, 15) is 5.26 Å². The van der Waals surface area contributed by atoms with Crippen molar-refractivity contribution < 1.29 is 0 Å². The minimum absolute atomic E-state index is 0.787. The Morgan fingerprint density at radius 2 is 1.48 bits per heavy atom. The lowest BCUT2D eigenvalue weighted by Gasteiger charge is -2.34. The molecule has 0 bridgehead atoms. The molecule has 0 atom stereocenters. The summed E-state index contributed by atoms with van der Waals surface area (Å²) in [5.74, 6) is 0. The molecule has 0 saturated carbocycles. The molecule has 0 amide bonds. The SMILES string of the molecule is N#Cc1ccccc1CN1CCN(Cc2ccc(Cl)cc2)CC1. The van der Waals surface area contributed by atoms with Crippen LogP contribution in [0.4, 0.5) is 0 Å². The topological polar surface area (TPSA) is 30.3 Å². The standard InChI is InChI=1S/C19H20ClN3/c20-19-7-5-16(6-8-19)14-22-9-11-23(12-10-22)15-18-4-2-1-3-17(18)13-21/h1-8H,9-12,14-15H2. The van der Waals surface area contributed by atoms with Gasteiger partial charge in [-0.3, -0.25) is 9.80 Å². The molecular weight excluding hydrogens is 306 g/mol. The van der Waals surface area contributed by atoms with Gasteiger partial charge in [0.1, 0.15) is 0 Å². The number of piperazine rings is 1. The summed E-state index contributed by atoms with van der Waals surface area (Å²) in [4.78, 5) is 4.89. The van der Waals surface area contributed by atoms with Gasteiger partial charge in [0.25, 0.3) is 0 Å². The second-order valence-electron chi connectivity index (χ2n) is 5.95. The van der Waals surface area contributed by atoms with E-state index >= 15 is 0 Å². The molecule has 0 spiro atoms. The molecule has 1 heterocycles. The number of rotatable bonds is 4. The molecule has 1 aliphatic heterocycles. The predicted octanol–water partition coefficient (Wildman–Crippen LogP) is 3.53. The van der Waals surface area contributed by atoms with Gasteiger partial charge >= 0.3 is 0 Å². The molecule has 0 aliphatic carbocycles. The summed E-state index contributed by atoms with van der Waals surface area (Å²) < 4.78 is 0. The summed E-state index contributed by atoms with van der Waals surface area (Å²) in [6.45, 7) is 6.01. The van der Waals surface area contributed by atoms with Crippen molar-refractivity contribution >= 4 is 11.6 Å². The van der Waals surface area contributed by atoms with Gasteiger partial charge in [0.15, 0.2) is 0 Å². The Morgan fingerprint density at radius 3 is 2.13 bits per heavy atom. The van der Waals surface area contributed by atoms with Crippen LogP contribution in [-0.4, -0.2) is 36.0 Å². The van der Waals surface area contributed by atoms with Gasteiger partial charge < -0.3 is 0 Å². The lowest BCUT2D eigenvalue weighted by atomic mass is 10.1. The zero-order valence-electron chi connectivity index (χ0n) is 13.1. The monoisotopic (exact) mass is 325 g/mol. The first-order valence-electron chi connectivity index (χ1n) is 7.92. The smallest absolute Gasteiger partial charge is 0.0995 e. The molecule has 0 unspecified atom stereocenters. The lowest BCUT2D eigenvalue weighted by Crippen LogP contribution is -2.45. The van der Waals surface area contributed by atoms with E-state index in [0.717, 1.165) is 55.4 Å². The lowest BCUT2D eigenvalue weighted by molar-refractivity contribution is 0.122. The average Bonchev–Trinajstić information content (AvgIpc) is 2.59. The Bertz CT molecular complexity index is 683. The average molecular weight is 326 g/mol. The maximum atomic E-state index is 9.19. The number of nitriles is 1. The van der Waals surface area contributed by atoms with E-state index in [-0.39, 0.29) is 0 Å². The van der Waals surface area contributed by atoms with E-state index in [1.807, 2.05) is 30.3 Å². The van der Waals surface area contributed by atoms with E-state index in [2.05, 4.69) is 34.1 Å². The summed E-state index contributed by atoms with van der Waals surface area (Å²) in [7, 11) is 0. The van der Waals surface area contributed by atoms with Crippen molar-refractivity contribution in [3.8, 4) is 6.07 Å². The minimum Gasteiger partial charge on any atom is -0.297 e. The molecule has 4 heteroatoms. The molecule has 0 radical (unpaired) electrons. The molecule has 2 aromatic carbocycles. The van der Waals surface area contributed by atoms with E-state index in [0.29, 0.717) is 0 Å². The van der Waals surface area contributed by atoms with E-state index in [4.69, 9.17) is 11.6 Å². The van der Waals surface area contributed by atoms with Crippen molar-refractivity contribution in [2.45, 2.75) is 13.1 Å². The number of benzene rings is 2. The summed E-state index contributed by atoms with van der Waals surface area (Å²) >= 11 is 5.93. The summed E-state index contributed by atoms with van der Waals surface area (Å²) in [6.07, 6.45) is 0. The zero-order valence-corrected chi connectivity index (χ0v) is 13.8. The van der Waals surface area contributed by atoms with Crippen LogP contribution >= 0.6 is 11.6 Å². The third kappa shape index (κ3) is 4.33. The third-order valence-electron chi connectivity index (χ3n) is 4.32. The van der Waals surface area contributed by atoms with Crippen LogP contribution in [0.25, 0.3) is 0 Å². The van der Waals surface area contributed by atoms with Crippen molar-refractivity contribution in [2.75, 3.05) is 26.2 Å². The van der Waals surface area contributed by atoms with Crippen LogP contribution in [0, 0.1) is 11.3 Å².